The van der Waals surface area contributed by atoms with Crippen molar-refractivity contribution in [3.05, 3.63) is 249 Å². The van der Waals surface area contributed by atoms with Gasteiger partial charge in [-0.2, -0.15) is 9.97 Å². The molecule has 68 heavy (non-hydrogen) atoms. The molecule has 0 bridgehead atoms. The van der Waals surface area contributed by atoms with Crippen LogP contribution in [0.25, 0.3) is 123 Å². The molecule has 0 N–H and O–H groups in total. The Balaban J connectivity index is 1.12. The molecular formula is C63H41N5. The first-order valence-corrected chi connectivity index (χ1v) is 23.0. The summed E-state index contributed by atoms with van der Waals surface area (Å²) < 4.78 is 4.74. The van der Waals surface area contributed by atoms with Gasteiger partial charge in [0.15, 0.2) is 11.6 Å². The first-order valence-electron chi connectivity index (χ1n) is 23.0. The molecule has 0 spiro atoms. The highest BCUT2D eigenvalue weighted by Gasteiger charge is 2.25. The third kappa shape index (κ3) is 6.68. The first kappa shape index (κ1) is 39.2. The molecule has 0 aliphatic rings. The van der Waals surface area contributed by atoms with Crippen LogP contribution in [-0.4, -0.2) is 24.1 Å². The molecule has 5 nitrogen and oxygen atoms in total. The van der Waals surface area contributed by atoms with Crippen LogP contribution in [0.5, 0.6) is 0 Å². The maximum Gasteiger partial charge on any atom is 0.238 e. The molecule has 3 aromatic heterocycles. The molecule has 318 valence electrons. The Hall–Kier alpha value is -9.19. The summed E-state index contributed by atoms with van der Waals surface area (Å²) in [5.74, 6) is 1.73. The van der Waals surface area contributed by atoms with E-state index in [2.05, 4.69) is 246 Å². The quantitative estimate of drug-likeness (QED) is 0.153. The van der Waals surface area contributed by atoms with Gasteiger partial charge in [0, 0.05) is 38.2 Å². The molecule has 5 heteroatoms. The SMILES string of the molecule is c1ccc(-c2ccc(-c3nc(-c4ccc(-c5ccccc5)cc4)nc(-n4c5ccccc5c5ccc6c7cc(-c8ccccc8)ccc7n(-c7ccccc7-c7ccccc7)c6c54)n3)cc2)cc1. The lowest BCUT2D eigenvalue weighted by atomic mass is 10.0. The largest absolute Gasteiger partial charge is 0.307 e. The lowest BCUT2D eigenvalue weighted by molar-refractivity contribution is 0.953. The fourth-order valence-corrected chi connectivity index (χ4v) is 9.96. The van der Waals surface area contributed by atoms with Gasteiger partial charge in [-0.05, 0) is 63.2 Å². The zero-order valence-corrected chi connectivity index (χ0v) is 36.9. The van der Waals surface area contributed by atoms with E-state index in [-0.39, 0.29) is 0 Å². The van der Waals surface area contributed by atoms with Crippen LogP contribution in [0.3, 0.4) is 0 Å². The van der Waals surface area contributed by atoms with Gasteiger partial charge in [0.2, 0.25) is 5.95 Å². The summed E-state index contributed by atoms with van der Waals surface area (Å²) in [4.78, 5) is 16.2. The number of nitrogens with zero attached hydrogens (tertiary/aromatic N) is 5. The number of aromatic nitrogens is 5. The fraction of sp³-hybridized carbons (Fsp3) is 0. The van der Waals surface area contributed by atoms with Crippen LogP contribution in [0, 0.1) is 0 Å². The molecule has 0 aliphatic heterocycles. The zero-order valence-electron chi connectivity index (χ0n) is 36.9. The molecule has 0 atom stereocenters. The van der Waals surface area contributed by atoms with Crippen molar-refractivity contribution in [3.63, 3.8) is 0 Å². The third-order valence-electron chi connectivity index (χ3n) is 13.2. The van der Waals surface area contributed by atoms with E-state index in [0.717, 1.165) is 99.4 Å². The summed E-state index contributed by atoms with van der Waals surface area (Å²) >= 11 is 0. The number of rotatable bonds is 8. The van der Waals surface area contributed by atoms with E-state index in [0.29, 0.717) is 17.6 Å². The van der Waals surface area contributed by atoms with Crippen molar-refractivity contribution in [2.45, 2.75) is 0 Å². The minimum Gasteiger partial charge on any atom is -0.307 e. The molecule has 0 amide bonds. The van der Waals surface area contributed by atoms with Gasteiger partial charge in [-0.15, -0.1) is 0 Å². The topological polar surface area (TPSA) is 48.5 Å². The summed E-state index contributed by atoms with van der Waals surface area (Å²) in [6.45, 7) is 0. The Bertz CT molecular complexity index is 3870. The smallest absolute Gasteiger partial charge is 0.238 e. The molecule has 3 heterocycles. The lowest BCUT2D eigenvalue weighted by Gasteiger charge is -2.16. The fourth-order valence-electron chi connectivity index (χ4n) is 9.96. The van der Waals surface area contributed by atoms with Gasteiger partial charge in [0.05, 0.1) is 27.8 Å². The average molecular weight is 868 g/mol. The monoisotopic (exact) mass is 867 g/mol. The van der Waals surface area contributed by atoms with Crippen molar-refractivity contribution in [1.29, 1.82) is 0 Å². The third-order valence-corrected chi connectivity index (χ3v) is 13.2. The summed E-state index contributed by atoms with van der Waals surface area (Å²) in [6.07, 6.45) is 0. The van der Waals surface area contributed by atoms with Crippen LogP contribution in [-0.2, 0) is 0 Å². The molecular weight excluding hydrogens is 827 g/mol. The number of hydrogen-bond donors (Lipinski definition) is 0. The van der Waals surface area contributed by atoms with Crippen molar-refractivity contribution < 1.29 is 0 Å². The number of para-hydroxylation sites is 2. The second-order valence-corrected chi connectivity index (χ2v) is 17.2. The summed E-state index contributed by atoms with van der Waals surface area (Å²) in [5.41, 5.74) is 16.3. The highest BCUT2D eigenvalue weighted by atomic mass is 15.2. The Labute approximate surface area is 393 Å². The van der Waals surface area contributed by atoms with E-state index in [4.69, 9.17) is 15.0 Å². The molecule has 0 saturated carbocycles. The van der Waals surface area contributed by atoms with Crippen LogP contribution in [0.2, 0.25) is 0 Å². The Morgan fingerprint density at radius 2 is 0.662 bits per heavy atom. The molecule has 10 aromatic carbocycles. The molecule has 0 radical (unpaired) electrons. The Kier molecular flexibility index (Phi) is 9.43. The second-order valence-electron chi connectivity index (χ2n) is 17.2. The van der Waals surface area contributed by atoms with Crippen molar-refractivity contribution in [3.8, 4) is 78.9 Å². The minimum absolute atomic E-state index is 0.543. The van der Waals surface area contributed by atoms with E-state index in [9.17, 15) is 0 Å². The van der Waals surface area contributed by atoms with Gasteiger partial charge in [-0.3, -0.25) is 4.57 Å². The average Bonchev–Trinajstić information content (AvgIpc) is 3.94. The summed E-state index contributed by atoms with van der Waals surface area (Å²) in [7, 11) is 0. The van der Waals surface area contributed by atoms with Crippen LogP contribution in [0.1, 0.15) is 0 Å². The lowest BCUT2D eigenvalue weighted by Crippen LogP contribution is -2.07. The highest BCUT2D eigenvalue weighted by molar-refractivity contribution is 6.24. The standard InChI is InChI=1S/C63H41N5/c1-5-17-42(18-6-1)45-29-33-48(34-30-45)61-64-62(49-35-31-46(32-36-49)43-19-7-2-8-20-43)66-63(65-61)68-57-28-16-14-26-52(57)53-38-39-54-55-41-50(44-21-9-3-10-22-44)37-40-58(55)67(59(54)60(53)68)56-27-15-13-25-51(56)47-23-11-4-12-24-47/h1-41H. The molecule has 13 aromatic rings. The normalized spacial score (nSPS) is 11.5. The molecule has 13 rings (SSSR count). The zero-order chi connectivity index (χ0) is 45.0. The molecule has 0 unspecified atom stereocenters. The van der Waals surface area contributed by atoms with E-state index in [1.807, 2.05) is 12.1 Å². The van der Waals surface area contributed by atoms with Gasteiger partial charge in [0.1, 0.15) is 0 Å². The summed E-state index contributed by atoms with van der Waals surface area (Å²) in [5, 5.41) is 4.53. The predicted molar refractivity (Wildman–Crippen MR) is 281 cm³/mol. The van der Waals surface area contributed by atoms with Crippen LogP contribution in [0.4, 0.5) is 0 Å². The van der Waals surface area contributed by atoms with Crippen molar-refractivity contribution in [2.24, 2.45) is 0 Å². The van der Waals surface area contributed by atoms with Gasteiger partial charge in [-0.1, -0.05) is 224 Å². The number of hydrogen-bond acceptors (Lipinski definition) is 3. The first-order chi connectivity index (χ1) is 33.7. The van der Waals surface area contributed by atoms with E-state index >= 15 is 0 Å². The maximum atomic E-state index is 5.45. The highest BCUT2D eigenvalue weighted by Crippen LogP contribution is 2.44. The summed E-state index contributed by atoms with van der Waals surface area (Å²) in [6, 6.07) is 88.2. The van der Waals surface area contributed by atoms with Gasteiger partial charge in [-0.25, -0.2) is 4.98 Å². The number of benzene rings is 10. The second kappa shape index (κ2) is 16.4. The van der Waals surface area contributed by atoms with Gasteiger partial charge in [0.25, 0.3) is 0 Å². The minimum atomic E-state index is 0.543. The van der Waals surface area contributed by atoms with Crippen LogP contribution >= 0.6 is 0 Å². The Morgan fingerprint density at radius 3 is 1.25 bits per heavy atom. The maximum absolute atomic E-state index is 5.45. The molecule has 0 saturated heterocycles. The van der Waals surface area contributed by atoms with Crippen LogP contribution < -0.4 is 0 Å². The van der Waals surface area contributed by atoms with Gasteiger partial charge < -0.3 is 4.57 Å². The van der Waals surface area contributed by atoms with Crippen molar-refractivity contribution in [2.75, 3.05) is 0 Å². The van der Waals surface area contributed by atoms with Crippen LogP contribution in [0.15, 0.2) is 249 Å². The Morgan fingerprint density at radius 1 is 0.250 bits per heavy atom. The molecule has 0 fully saturated rings. The molecule has 0 aliphatic carbocycles. The van der Waals surface area contributed by atoms with Crippen molar-refractivity contribution in [1.82, 2.24) is 24.1 Å². The van der Waals surface area contributed by atoms with E-state index < -0.39 is 0 Å². The van der Waals surface area contributed by atoms with Gasteiger partial charge >= 0.3 is 0 Å². The van der Waals surface area contributed by atoms with E-state index in [1.165, 1.54) is 5.56 Å². The van der Waals surface area contributed by atoms with E-state index in [1.54, 1.807) is 0 Å². The number of fused-ring (bicyclic) bond motifs is 7. The predicted octanol–water partition coefficient (Wildman–Crippen LogP) is 16.1. The van der Waals surface area contributed by atoms with Crippen molar-refractivity contribution >= 4 is 43.6 Å².